The van der Waals surface area contributed by atoms with Crippen molar-refractivity contribution in [1.29, 1.82) is 0 Å². The van der Waals surface area contributed by atoms with Crippen molar-refractivity contribution in [2.45, 2.75) is 25.3 Å². The van der Waals surface area contributed by atoms with Crippen LogP contribution in [0.25, 0.3) is 0 Å². The minimum Gasteiger partial charge on any atom is -0.495 e. The molecule has 0 aliphatic rings. The van der Waals surface area contributed by atoms with Gasteiger partial charge < -0.3 is 10.1 Å². The minimum atomic E-state index is -3.82. The zero-order valence-corrected chi connectivity index (χ0v) is 19.7. The van der Waals surface area contributed by atoms with Gasteiger partial charge in [0.05, 0.1) is 19.9 Å². The van der Waals surface area contributed by atoms with Gasteiger partial charge in [-0.1, -0.05) is 43.6 Å². The van der Waals surface area contributed by atoms with E-state index in [1.807, 2.05) is 18.2 Å². The second kappa shape index (κ2) is 10.2. The number of methoxy groups -OCH3 is 1. The van der Waals surface area contributed by atoms with Crippen LogP contribution in [0.2, 0.25) is 5.02 Å². The van der Waals surface area contributed by atoms with Crippen molar-refractivity contribution in [3.8, 4) is 5.75 Å². The molecule has 0 fully saturated rings. The molecule has 1 heterocycles. The van der Waals surface area contributed by atoms with Gasteiger partial charge in [0.1, 0.15) is 16.5 Å². The fourth-order valence-corrected chi connectivity index (χ4v) is 5.10. The molecule has 170 valence electrons. The Morgan fingerprint density at radius 1 is 1.16 bits per heavy atom. The summed E-state index contributed by atoms with van der Waals surface area (Å²) in [6, 6.07) is 13.4. The van der Waals surface area contributed by atoms with Crippen LogP contribution in [0.3, 0.4) is 0 Å². The number of hydrogen-bond donors (Lipinski definition) is 1. The van der Waals surface area contributed by atoms with Crippen LogP contribution in [-0.2, 0) is 16.6 Å². The van der Waals surface area contributed by atoms with E-state index in [1.54, 1.807) is 36.9 Å². The molecule has 32 heavy (non-hydrogen) atoms. The molecule has 3 aromatic rings. The molecule has 0 atom stereocenters. The smallest absolute Gasteiger partial charge is 0.256 e. The highest BCUT2D eigenvalue weighted by atomic mass is 35.5. The third-order valence-corrected chi connectivity index (χ3v) is 7.42. The van der Waals surface area contributed by atoms with Crippen LogP contribution >= 0.6 is 11.6 Å². The van der Waals surface area contributed by atoms with E-state index in [1.165, 1.54) is 29.6 Å². The van der Waals surface area contributed by atoms with Crippen LogP contribution in [-0.4, -0.2) is 48.6 Å². The van der Waals surface area contributed by atoms with Crippen LogP contribution in [0, 0.1) is 0 Å². The van der Waals surface area contributed by atoms with E-state index >= 15 is 0 Å². The Labute approximate surface area is 192 Å². The summed E-state index contributed by atoms with van der Waals surface area (Å²) < 4.78 is 34.2. The molecule has 0 spiro atoms. The van der Waals surface area contributed by atoms with Crippen molar-refractivity contribution in [3.63, 3.8) is 0 Å². The van der Waals surface area contributed by atoms with E-state index in [-0.39, 0.29) is 16.2 Å². The van der Waals surface area contributed by atoms with Crippen molar-refractivity contribution in [3.05, 3.63) is 70.9 Å². The lowest BCUT2D eigenvalue weighted by Gasteiger charge is -2.20. The van der Waals surface area contributed by atoms with Crippen LogP contribution < -0.4 is 10.1 Å². The zero-order chi connectivity index (χ0) is 23.3. The van der Waals surface area contributed by atoms with Gasteiger partial charge in [-0.05, 0) is 29.8 Å². The molecule has 10 heteroatoms. The van der Waals surface area contributed by atoms with Crippen molar-refractivity contribution < 1.29 is 17.9 Å². The molecule has 1 aromatic heterocycles. The summed E-state index contributed by atoms with van der Waals surface area (Å²) in [5.41, 5.74) is 1.03. The largest absolute Gasteiger partial charge is 0.495 e. The predicted octanol–water partition coefficient (Wildman–Crippen LogP) is 3.88. The molecule has 0 unspecified atom stereocenters. The van der Waals surface area contributed by atoms with E-state index in [4.69, 9.17) is 16.3 Å². The molecule has 2 aromatic carbocycles. The molecular formula is C22H25ClN4O4S. The number of ether oxygens (including phenoxy) is 1. The highest BCUT2D eigenvalue weighted by Crippen LogP contribution is 2.28. The number of amides is 1. The van der Waals surface area contributed by atoms with E-state index in [9.17, 15) is 13.2 Å². The molecule has 1 N–H and O–H groups in total. The summed E-state index contributed by atoms with van der Waals surface area (Å²) in [6.45, 7) is 4.49. The molecule has 8 nitrogen and oxygen atoms in total. The summed E-state index contributed by atoms with van der Waals surface area (Å²) >= 11 is 6.23. The summed E-state index contributed by atoms with van der Waals surface area (Å²) in [4.78, 5) is 12.9. The number of carbonyl (C=O) groups is 1. The minimum absolute atomic E-state index is 0.0547. The Kier molecular flexibility index (Phi) is 7.55. The SMILES string of the molecule is CCN(CC)S(=O)(=O)c1cc(C(=O)Nc2ccnn2Cc2ccccc2Cl)ccc1OC. The Bertz CT molecular complexity index is 1210. The normalized spacial score (nSPS) is 11.5. The summed E-state index contributed by atoms with van der Waals surface area (Å²) in [5, 5.41) is 7.64. The van der Waals surface area contributed by atoms with Gasteiger partial charge >= 0.3 is 0 Å². The first-order valence-corrected chi connectivity index (χ1v) is 11.9. The topological polar surface area (TPSA) is 93.5 Å². The van der Waals surface area contributed by atoms with E-state index in [0.717, 1.165) is 5.56 Å². The lowest BCUT2D eigenvalue weighted by atomic mass is 10.2. The van der Waals surface area contributed by atoms with Gasteiger partial charge in [0.15, 0.2) is 0 Å². The van der Waals surface area contributed by atoms with Crippen LogP contribution in [0.15, 0.2) is 59.6 Å². The molecule has 0 aliphatic heterocycles. The quantitative estimate of drug-likeness (QED) is 0.506. The number of sulfonamides is 1. The van der Waals surface area contributed by atoms with Crippen molar-refractivity contribution in [1.82, 2.24) is 14.1 Å². The number of rotatable bonds is 9. The van der Waals surface area contributed by atoms with Gasteiger partial charge in [-0.3, -0.25) is 4.79 Å². The average molecular weight is 477 g/mol. The van der Waals surface area contributed by atoms with Gasteiger partial charge in [0.25, 0.3) is 5.91 Å². The number of anilines is 1. The fraction of sp³-hybridized carbons (Fsp3) is 0.273. The average Bonchev–Trinajstić information content (AvgIpc) is 3.22. The van der Waals surface area contributed by atoms with Gasteiger partial charge in [0.2, 0.25) is 10.0 Å². The standard InChI is InChI=1S/C22H25ClN4O4S/c1-4-26(5-2)32(29,30)20-14-16(10-11-19(20)31-3)22(28)25-21-12-13-24-27(21)15-17-8-6-7-9-18(17)23/h6-14H,4-5,15H2,1-3H3,(H,25,28). The third kappa shape index (κ3) is 4.95. The number of benzene rings is 2. The maximum Gasteiger partial charge on any atom is 0.256 e. The molecular weight excluding hydrogens is 452 g/mol. The Morgan fingerprint density at radius 3 is 2.53 bits per heavy atom. The molecule has 3 rings (SSSR count). The van der Waals surface area contributed by atoms with Gasteiger partial charge in [-0.2, -0.15) is 9.40 Å². The number of hydrogen-bond acceptors (Lipinski definition) is 5. The molecule has 0 saturated carbocycles. The monoisotopic (exact) mass is 476 g/mol. The molecule has 0 saturated heterocycles. The van der Waals surface area contributed by atoms with Gasteiger partial charge in [-0.25, -0.2) is 13.1 Å². The number of nitrogens with zero attached hydrogens (tertiary/aromatic N) is 3. The van der Waals surface area contributed by atoms with E-state index in [2.05, 4.69) is 10.4 Å². The number of carbonyl (C=O) groups excluding carboxylic acids is 1. The zero-order valence-electron chi connectivity index (χ0n) is 18.1. The lowest BCUT2D eigenvalue weighted by molar-refractivity contribution is 0.102. The number of halogens is 1. The fourth-order valence-electron chi connectivity index (χ4n) is 3.26. The van der Waals surface area contributed by atoms with Crippen LogP contribution in [0.5, 0.6) is 5.75 Å². The van der Waals surface area contributed by atoms with Crippen molar-refractivity contribution in [2.75, 3.05) is 25.5 Å². The van der Waals surface area contributed by atoms with E-state index in [0.29, 0.717) is 30.5 Å². The second-order valence-electron chi connectivity index (χ2n) is 6.87. The Morgan fingerprint density at radius 2 is 1.88 bits per heavy atom. The van der Waals surface area contributed by atoms with Gasteiger partial charge in [-0.15, -0.1) is 0 Å². The van der Waals surface area contributed by atoms with Crippen LogP contribution in [0.4, 0.5) is 5.82 Å². The third-order valence-electron chi connectivity index (χ3n) is 4.99. The Balaban J connectivity index is 1.89. The number of nitrogens with one attached hydrogen (secondary N) is 1. The van der Waals surface area contributed by atoms with Crippen LogP contribution in [0.1, 0.15) is 29.8 Å². The highest BCUT2D eigenvalue weighted by molar-refractivity contribution is 7.89. The molecule has 0 radical (unpaired) electrons. The first-order chi connectivity index (χ1) is 15.3. The second-order valence-corrected chi connectivity index (χ2v) is 9.19. The maximum atomic E-state index is 13.0. The summed E-state index contributed by atoms with van der Waals surface area (Å²) in [6.07, 6.45) is 1.57. The highest BCUT2D eigenvalue weighted by Gasteiger charge is 2.27. The molecule has 1 amide bonds. The first-order valence-electron chi connectivity index (χ1n) is 10.1. The molecule has 0 bridgehead atoms. The summed E-state index contributed by atoms with van der Waals surface area (Å²) in [7, 11) is -2.43. The van der Waals surface area contributed by atoms with E-state index < -0.39 is 15.9 Å². The summed E-state index contributed by atoms with van der Waals surface area (Å²) in [5.74, 6) is 0.167. The lowest BCUT2D eigenvalue weighted by Crippen LogP contribution is -2.31. The van der Waals surface area contributed by atoms with Crippen molar-refractivity contribution in [2.24, 2.45) is 0 Å². The first kappa shape index (κ1) is 23.8. The van der Waals surface area contributed by atoms with Crippen molar-refractivity contribution >= 4 is 33.3 Å². The maximum absolute atomic E-state index is 13.0. The molecule has 0 aliphatic carbocycles. The predicted molar refractivity (Wildman–Crippen MR) is 124 cm³/mol. The van der Waals surface area contributed by atoms with Gasteiger partial charge in [0, 0.05) is 29.7 Å². The Hall–Kier alpha value is -2.88. The number of aromatic nitrogens is 2.